The number of fused-ring (bicyclic) bond motifs is 1. The molecule has 0 spiro atoms. The van der Waals surface area contributed by atoms with Crippen LogP contribution >= 0.6 is 11.8 Å². The molecule has 128 valence electrons. The Hall–Kier alpha value is -2.93. The number of carbonyl (C=O) groups is 2. The Morgan fingerprint density at radius 1 is 1.20 bits per heavy atom. The van der Waals surface area contributed by atoms with Crippen molar-refractivity contribution in [3.8, 4) is 5.75 Å². The van der Waals surface area contributed by atoms with Gasteiger partial charge in [-0.15, -0.1) is 11.8 Å². The lowest BCUT2D eigenvalue weighted by Crippen LogP contribution is -2.18. The van der Waals surface area contributed by atoms with E-state index in [1.165, 1.54) is 18.9 Å². The second-order valence-corrected chi connectivity index (χ2v) is 6.23. The molecular weight excluding hydrogens is 340 g/mol. The Bertz CT molecular complexity index is 921. The van der Waals surface area contributed by atoms with Gasteiger partial charge >= 0.3 is 0 Å². The zero-order valence-corrected chi connectivity index (χ0v) is 14.3. The number of carbonyl (C=O) groups excluding carboxylic acids is 2. The van der Waals surface area contributed by atoms with Crippen LogP contribution in [-0.4, -0.2) is 24.7 Å². The summed E-state index contributed by atoms with van der Waals surface area (Å²) in [6.45, 7) is 0. The van der Waals surface area contributed by atoms with Crippen LogP contribution in [0.3, 0.4) is 0 Å². The molecule has 7 heteroatoms. The third kappa shape index (κ3) is 3.77. The van der Waals surface area contributed by atoms with E-state index in [2.05, 4.69) is 5.32 Å². The molecule has 1 heterocycles. The van der Waals surface area contributed by atoms with Crippen molar-refractivity contribution in [2.24, 2.45) is 5.73 Å². The van der Waals surface area contributed by atoms with Gasteiger partial charge in [-0.2, -0.15) is 0 Å². The van der Waals surface area contributed by atoms with Crippen LogP contribution < -0.4 is 15.8 Å². The van der Waals surface area contributed by atoms with Crippen molar-refractivity contribution in [3.63, 3.8) is 0 Å². The van der Waals surface area contributed by atoms with Crippen molar-refractivity contribution in [1.29, 1.82) is 0 Å². The first-order valence-electron chi connectivity index (χ1n) is 7.46. The number of furan rings is 1. The van der Waals surface area contributed by atoms with Gasteiger partial charge in [0.05, 0.1) is 12.9 Å². The molecule has 0 saturated heterocycles. The number of primary amides is 1. The fraction of sp³-hybridized carbons (Fsp3) is 0.111. The Morgan fingerprint density at radius 3 is 2.64 bits per heavy atom. The van der Waals surface area contributed by atoms with Crippen molar-refractivity contribution in [2.45, 2.75) is 4.90 Å². The average molecular weight is 356 g/mol. The molecule has 6 nitrogen and oxygen atoms in total. The number of amides is 2. The molecule has 2 aromatic carbocycles. The molecule has 0 fully saturated rings. The number of nitrogens with one attached hydrogen (secondary N) is 1. The van der Waals surface area contributed by atoms with E-state index in [1.54, 1.807) is 18.2 Å². The molecule has 0 aliphatic carbocycles. The summed E-state index contributed by atoms with van der Waals surface area (Å²) in [7, 11) is 1.53. The Morgan fingerprint density at radius 2 is 1.96 bits per heavy atom. The summed E-state index contributed by atoms with van der Waals surface area (Å²) < 4.78 is 10.6. The van der Waals surface area contributed by atoms with Crippen LogP contribution in [-0.2, 0) is 4.79 Å². The largest absolute Gasteiger partial charge is 0.497 e. The van der Waals surface area contributed by atoms with Gasteiger partial charge in [-0.1, -0.05) is 18.2 Å². The fourth-order valence-electron chi connectivity index (χ4n) is 2.34. The predicted molar refractivity (Wildman–Crippen MR) is 97.1 cm³/mol. The number of nitrogens with two attached hydrogens (primary N) is 1. The van der Waals surface area contributed by atoms with Crippen LogP contribution in [0.5, 0.6) is 5.75 Å². The SMILES string of the molecule is COc1ccc2c(NC(=O)CSc3ccccc3)c(C(N)=O)oc2c1. The van der Waals surface area contributed by atoms with Crippen LogP contribution in [0.4, 0.5) is 5.69 Å². The van der Waals surface area contributed by atoms with Gasteiger partial charge in [-0.25, -0.2) is 0 Å². The van der Waals surface area contributed by atoms with Crippen molar-refractivity contribution in [2.75, 3.05) is 18.2 Å². The van der Waals surface area contributed by atoms with Gasteiger partial charge in [0.1, 0.15) is 17.0 Å². The highest BCUT2D eigenvalue weighted by Crippen LogP contribution is 2.33. The lowest BCUT2D eigenvalue weighted by molar-refractivity contribution is -0.113. The summed E-state index contributed by atoms with van der Waals surface area (Å²) in [5, 5.41) is 3.32. The Labute approximate surface area is 148 Å². The number of benzene rings is 2. The molecule has 0 atom stereocenters. The molecular formula is C18H16N2O4S. The molecule has 0 radical (unpaired) electrons. The van der Waals surface area contributed by atoms with E-state index in [4.69, 9.17) is 14.9 Å². The Balaban J connectivity index is 1.82. The second kappa shape index (κ2) is 7.31. The number of anilines is 1. The van der Waals surface area contributed by atoms with Gasteiger partial charge in [0.25, 0.3) is 5.91 Å². The van der Waals surface area contributed by atoms with E-state index in [9.17, 15) is 9.59 Å². The first-order chi connectivity index (χ1) is 12.1. The maximum absolute atomic E-state index is 12.3. The van der Waals surface area contributed by atoms with E-state index in [0.29, 0.717) is 16.7 Å². The summed E-state index contributed by atoms with van der Waals surface area (Å²) >= 11 is 1.40. The number of hydrogen-bond donors (Lipinski definition) is 2. The maximum Gasteiger partial charge on any atom is 0.286 e. The second-order valence-electron chi connectivity index (χ2n) is 5.18. The third-order valence-corrected chi connectivity index (χ3v) is 4.51. The van der Waals surface area contributed by atoms with Gasteiger partial charge in [-0.3, -0.25) is 9.59 Å². The minimum Gasteiger partial charge on any atom is -0.497 e. The summed E-state index contributed by atoms with van der Waals surface area (Å²) in [5.41, 5.74) is 6.07. The van der Waals surface area contributed by atoms with E-state index in [0.717, 1.165) is 4.90 Å². The number of rotatable bonds is 6. The van der Waals surface area contributed by atoms with Gasteiger partial charge in [0, 0.05) is 16.3 Å². The zero-order chi connectivity index (χ0) is 17.8. The molecule has 25 heavy (non-hydrogen) atoms. The normalized spacial score (nSPS) is 10.6. The van der Waals surface area contributed by atoms with Crippen molar-refractivity contribution < 1.29 is 18.7 Å². The molecule has 0 saturated carbocycles. The number of hydrogen-bond acceptors (Lipinski definition) is 5. The summed E-state index contributed by atoms with van der Waals surface area (Å²) in [5.74, 6) is -0.308. The van der Waals surface area contributed by atoms with Crippen LogP contribution in [0, 0.1) is 0 Å². The third-order valence-electron chi connectivity index (χ3n) is 3.50. The minimum atomic E-state index is -0.749. The zero-order valence-electron chi connectivity index (χ0n) is 13.4. The number of thioether (sulfide) groups is 1. The topological polar surface area (TPSA) is 94.6 Å². The molecule has 0 aliphatic heterocycles. The smallest absolute Gasteiger partial charge is 0.286 e. The molecule has 3 aromatic rings. The predicted octanol–water partition coefficient (Wildman–Crippen LogP) is 3.27. The highest BCUT2D eigenvalue weighted by Gasteiger charge is 2.20. The van der Waals surface area contributed by atoms with E-state index >= 15 is 0 Å². The quantitative estimate of drug-likeness (QED) is 0.661. The molecule has 0 aliphatic rings. The maximum atomic E-state index is 12.3. The van der Waals surface area contributed by atoms with E-state index < -0.39 is 5.91 Å². The molecule has 3 rings (SSSR count). The van der Waals surface area contributed by atoms with Crippen molar-refractivity contribution in [3.05, 3.63) is 54.3 Å². The first kappa shape index (κ1) is 16.9. The number of methoxy groups -OCH3 is 1. The number of ether oxygens (including phenoxy) is 1. The van der Waals surface area contributed by atoms with Crippen LogP contribution in [0.2, 0.25) is 0 Å². The molecule has 3 N–H and O–H groups in total. The highest BCUT2D eigenvalue weighted by atomic mass is 32.2. The molecule has 0 unspecified atom stereocenters. The van der Waals surface area contributed by atoms with Gasteiger partial charge in [-0.05, 0) is 24.3 Å². The van der Waals surface area contributed by atoms with Crippen molar-refractivity contribution in [1.82, 2.24) is 0 Å². The van der Waals surface area contributed by atoms with E-state index in [-0.39, 0.29) is 23.1 Å². The Kier molecular flexibility index (Phi) is 4.95. The van der Waals surface area contributed by atoms with E-state index in [1.807, 2.05) is 30.3 Å². The molecule has 0 bridgehead atoms. The molecule has 1 aromatic heterocycles. The average Bonchev–Trinajstić information content (AvgIpc) is 2.98. The lowest BCUT2D eigenvalue weighted by atomic mass is 10.2. The van der Waals surface area contributed by atoms with Crippen LogP contribution in [0.15, 0.2) is 57.8 Å². The van der Waals surface area contributed by atoms with Crippen LogP contribution in [0.25, 0.3) is 11.0 Å². The highest BCUT2D eigenvalue weighted by molar-refractivity contribution is 8.00. The van der Waals surface area contributed by atoms with Gasteiger partial charge in [0.15, 0.2) is 0 Å². The molecule has 2 amide bonds. The van der Waals surface area contributed by atoms with Gasteiger partial charge in [0.2, 0.25) is 11.7 Å². The standard InChI is InChI=1S/C18H16N2O4S/c1-23-11-7-8-13-14(9-11)24-17(18(19)22)16(13)20-15(21)10-25-12-5-3-2-4-6-12/h2-9H,10H2,1H3,(H2,19,22)(H,20,21). The van der Waals surface area contributed by atoms with Crippen molar-refractivity contribution >= 4 is 40.2 Å². The minimum absolute atomic E-state index is 0.0821. The van der Waals surface area contributed by atoms with Crippen LogP contribution in [0.1, 0.15) is 10.6 Å². The summed E-state index contributed by atoms with van der Waals surface area (Å²) in [6.07, 6.45) is 0. The first-order valence-corrected chi connectivity index (χ1v) is 8.45. The van der Waals surface area contributed by atoms with Gasteiger partial charge < -0.3 is 20.2 Å². The summed E-state index contributed by atoms with van der Waals surface area (Å²) in [4.78, 5) is 24.9. The summed E-state index contributed by atoms with van der Waals surface area (Å²) in [6, 6.07) is 14.6. The monoisotopic (exact) mass is 356 g/mol. The fourth-order valence-corrected chi connectivity index (χ4v) is 3.06. The lowest BCUT2D eigenvalue weighted by Gasteiger charge is -2.05.